The minimum atomic E-state index is -3.81. The fourth-order valence-electron chi connectivity index (χ4n) is 14.3. The molecule has 0 aliphatic carbocycles. The van der Waals surface area contributed by atoms with Crippen LogP contribution in [0, 0.1) is 10.8 Å². The van der Waals surface area contributed by atoms with Crippen molar-refractivity contribution in [3.05, 3.63) is 189 Å². The number of benzene rings is 6. The molecule has 11 rings (SSSR count). The van der Waals surface area contributed by atoms with Gasteiger partial charge in [-0.1, -0.05) is 106 Å². The topological polar surface area (TPSA) is 391 Å². The molecule has 0 spiro atoms. The van der Waals surface area contributed by atoms with Crippen LogP contribution >= 0.6 is 69.6 Å². The maximum Gasteiger partial charge on any atom is 0.349 e. The molecule has 2 saturated heterocycles. The minimum absolute atomic E-state index is 0.0352. The van der Waals surface area contributed by atoms with Gasteiger partial charge in [-0.15, -0.1) is 10.1 Å². The second-order valence-electron chi connectivity index (χ2n) is 31.7. The molecule has 0 bridgehead atoms. The van der Waals surface area contributed by atoms with E-state index in [-0.39, 0.29) is 155 Å². The molecule has 702 valence electrons. The van der Waals surface area contributed by atoms with Crippen molar-refractivity contribution in [2.75, 3.05) is 159 Å². The summed E-state index contributed by atoms with van der Waals surface area (Å²) in [5, 5.41) is 6.82. The number of imide groups is 2. The van der Waals surface area contributed by atoms with Gasteiger partial charge in [0.25, 0.3) is 23.6 Å². The number of Topliss-reactive ketones (excluding diaryl/α,β-unsaturated/α-hetero) is 1. The van der Waals surface area contributed by atoms with E-state index in [0.717, 1.165) is 77.0 Å². The van der Waals surface area contributed by atoms with Gasteiger partial charge in [-0.3, -0.25) is 33.2 Å². The first-order valence-electron chi connectivity index (χ1n) is 41.9. The number of likely N-dealkylation sites (N-methyl/N-ethyl adjacent to an activating group) is 3. The number of sulfonamides is 2. The van der Waals surface area contributed by atoms with Crippen LogP contribution in [0.3, 0.4) is 0 Å². The predicted molar refractivity (Wildman–Crippen MR) is 480 cm³/mol. The van der Waals surface area contributed by atoms with Crippen LogP contribution in [0.5, 0.6) is 0 Å². The highest BCUT2D eigenvalue weighted by Gasteiger charge is 2.47. The van der Waals surface area contributed by atoms with E-state index in [1.54, 1.807) is 86.6 Å². The van der Waals surface area contributed by atoms with Crippen molar-refractivity contribution in [3.63, 3.8) is 0 Å². The quantitative estimate of drug-likeness (QED) is 0.0157. The number of rotatable bonds is 42. The molecule has 6 aromatic carbocycles. The Labute approximate surface area is 778 Å². The average molecular weight is 1960 g/mol. The smallest absolute Gasteiger partial charge is 0.349 e. The number of hydrogen-bond acceptors (Lipinski definition) is 26. The van der Waals surface area contributed by atoms with Gasteiger partial charge in [0.05, 0.1) is 95.0 Å². The van der Waals surface area contributed by atoms with Gasteiger partial charge in [0.1, 0.15) is 11.2 Å². The largest absolute Gasteiger partial charge is 0.379 e. The average Bonchev–Trinajstić information content (AvgIpc) is 0.895. The first kappa shape index (κ1) is 104. The van der Waals surface area contributed by atoms with E-state index in [1.165, 1.54) is 0 Å². The molecule has 5 amide bonds. The van der Waals surface area contributed by atoms with Crippen LogP contribution in [0.15, 0.2) is 124 Å². The maximum atomic E-state index is 13.3. The van der Waals surface area contributed by atoms with Gasteiger partial charge < -0.3 is 63.8 Å². The van der Waals surface area contributed by atoms with E-state index in [0.29, 0.717) is 106 Å². The van der Waals surface area contributed by atoms with Gasteiger partial charge in [0.15, 0.2) is 15.3 Å². The van der Waals surface area contributed by atoms with Gasteiger partial charge in [-0.25, -0.2) is 44.3 Å². The molecule has 3 atom stereocenters. The third-order valence-electron chi connectivity index (χ3n) is 21.3. The Morgan fingerprint density at radius 3 is 1.16 bits per heavy atom. The lowest BCUT2D eigenvalue weighted by atomic mass is 9.84. The summed E-state index contributed by atoms with van der Waals surface area (Å²) in [7, 11) is -6.03. The van der Waals surface area contributed by atoms with Gasteiger partial charge in [-0.2, -0.15) is 0 Å². The molecule has 0 aromatic heterocycles. The van der Waals surface area contributed by atoms with Crippen LogP contribution in [0.1, 0.15) is 142 Å². The standard InChI is InChI=1S/C51H64Cl4N4O10S2.C22H29Cl2N3O4S.C13H14N2O8.CH3F/c1-51(2,49(60)13-7-16-66-20-23-69-19-15-57-71(64,65)40-12-6-10-36(26-40)44-32-59(4)34-46-42(44)28-38(53)30-48(46)55)50(61)56-14-18-68-22-21-67-17-8-24-70(62,63)39-11-5-9-35(25-39)43-31-58(3)33-45-41(43)27-37(52)29-47(45)54;1-27-14-20(19-12-17(23)13-22(24)21(19)15-27)16-3-2-4-18(11-16)32(28,29)26-6-8-31-10-9-30-7-5-25;1-13(2,11(20)22-14-7(16)3-4-8(14)17)12(21)23-15-9(18)5-6-10(15)19;1-2/h5-6,9-12,25-30,43-44,57H,7-8,13-24,31-34H2,1-4H3,(H,56,61);2-4,11-13,20,26H,5-10,14-15,25H2,1H3;3-6H2,1-2H3;1H3/i;;;1D. The summed E-state index contributed by atoms with van der Waals surface area (Å²) in [6.07, 6.45) is 0.515. The normalized spacial score (nSPS) is 17.0. The Balaban J connectivity index is 0.000000288. The van der Waals surface area contributed by atoms with E-state index in [2.05, 4.69) is 39.1 Å². The number of nitrogens with one attached hydrogen (secondary N) is 3. The monoisotopic (exact) mass is 1960 g/mol. The number of ketones is 1. The Bertz CT molecular complexity index is 5020. The zero-order chi connectivity index (χ0) is 94.6. The van der Waals surface area contributed by atoms with Crippen LogP contribution in [-0.2, 0) is 126 Å². The molecule has 128 heavy (non-hydrogen) atoms. The molecule has 0 radical (unpaired) electrons. The lowest BCUT2D eigenvalue weighted by Gasteiger charge is -2.33. The highest BCUT2D eigenvalue weighted by molar-refractivity contribution is 7.91. The summed E-state index contributed by atoms with van der Waals surface area (Å²) in [5.41, 5.74) is 10.8. The van der Waals surface area contributed by atoms with Gasteiger partial charge in [0.2, 0.25) is 26.0 Å². The molecular formula is C87H110Cl6FN9O22S3. The van der Waals surface area contributed by atoms with Crippen molar-refractivity contribution < 1.29 is 107 Å². The lowest BCUT2D eigenvalue weighted by Crippen LogP contribution is -2.45. The van der Waals surface area contributed by atoms with Crippen molar-refractivity contribution in [2.45, 2.75) is 125 Å². The van der Waals surface area contributed by atoms with E-state index in [4.69, 9.17) is 105 Å². The second-order valence-corrected chi connectivity index (χ2v) is 39.9. The number of carbonyl (C=O) groups excluding carboxylic acids is 8. The number of halogens is 7. The number of sulfone groups is 1. The third-order valence-corrected chi connectivity index (χ3v) is 27.6. The van der Waals surface area contributed by atoms with E-state index >= 15 is 0 Å². The molecular weight excluding hydrogens is 1850 g/mol. The number of hydroxylamine groups is 4. The van der Waals surface area contributed by atoms with Gasteiger partial charge in [-0.05, 0) is 185 Å². The molecule has 3 unspecified atom stereocenters. The molecule has 5 aliphatic heterocycles. The highest BCUT2D eigenvalue weighted by Crippen LogP contribution is 2.43. The number of hydrogen-bond donors (Lipinski definition) is 4. The molecule has 5 heterocycles. The molecule has 41 heteroatoms. The number of alkyl halides is 1. The van der Waals surface area contributed by atoms with Crippen LogP contribution in [-0.4, -0.2) is 256 Å². The highest BCUT2D eigenvalue weighted by atomic mass is 35.5. The fraction of sp³-hybridized carbons (Fsp3) is 0.494. The molecule has 5 aliphatic rings. The number of ether oxygens (including phenoxy) is 6. The number of nitrogens with two attached hydrogens (primary N) is 1. The first-order valence-corrected chi connectivity index (χ1v) is 48.0. The summed E-state index contributed by atoms with van der Waals surface area (Å²) >= 11 is 38.4. The Morgan fingerprint density at radius 2 is 0.789 bits per heavy atom. The first-order chi connectivity index (χ1) is 61.1. The van der Waals surface area contributed by atoms with Crippen LogP contribution in [0.25, 0.3) is 0 Å². The molecule has 6 aromatic rings. The van der Waals surface area contributed by atoms with E-state index in [1.807, 2.05) is 57.5 Å². The Hall–Kier alpha value is -7.28. The fourth-order valence-corrected chi connectivity index (χ4v) is 19.5. The van der Waals surface area contributed by atoms with Crippen LogP contribution in [0.4, 0.5) is 4.39 Å². The maximum absolute atomic E-state index is 13.3. The summed E-state index contributed by atoms with van der Waals surface area (Å²) in [6, 6.07) is 31.9. The number of nitrogens with zero attached hydrogens (tertiary/aromatic N) is 5. The summed E-state index contributed by atoms with van der Waals surface area (Å²) in [5.74, 6) is -6.14. The number of fused-ring (bicyclic) bond motifs is 3. The summed E-state index contributed by atoms with van der Waals surface area (Å²) in [4.78, 5) is 112. The predicted octanol–water partition coefficient (Wildman–Crippen LogP) is 10.8. The minimum Gasteiger partial charge on any atom is -0.379 e. The summed E-state index contributed by atoms with van der Waals surface area (Å²) < 4.78 is 132. The number of carbonyl (C=O) groups is 8. The lowest BCUT2D eigenvalue weighted by molar-refractivity contribution is -0.217. The van der Waals surface area contributed by atoms with Crippen molar-refractivity contribution in [1.29, 1.82) is 0 Å². The summed E-state index contributed by atoms with van der Waals surface area (Å²) in [6.45, 7) is 13.9. The van der Waals surface area contributed by atoms with Crippen molar-refractivity contribution >= 4 is 147 Å². The van der Waals surface area contributed by atoms with Crippen molar-refractivity contribution in [2.24, 2.45) is 16.6 Å². The Morgan fingerprint density at radius 1 is 0.461 bits per heavy atom. The van der Waals surface area contributed by atoms with Crippen LogP contribution in [0.2, 0.25) is 30.1 Å². The van der Waals surface area contributed by atoms with E-state index in [9.17, 15) is 68.0 Å². The number of amides is 5. The van der Waals surface area contributed by atoms with Gasteiger partial charge >= 0.3 is 11.9 Å². The molecule has 2 fully saturated rings. The zero-order valence-electron chi connectivity index (χ0n) is 73.2. The second kappa shape index (κ2) is 50.0. The van der Waals surface area contributed by atoms with Crippen LogP contribution < -0.4 is 20.5 Å². The molecule has 5 N–H and O–H groups in total. The van der Waals surface area contributed by atoms with Gasteiger partial charge in [0, 0.05) is 159 Å². The van der Waals surface area contributed by atoms with Crippen molar-refractivity contribution in [1.82, 2.24) is 39.6 Å². The zero-order valence-corrected chi connectivity index (χ0v) is 79.2. The SMILES string of the molecule is CC(C)(C(=O)ON1C(=O)CCC1=O)C(=O)ON1C(=O)CCC1=O.CN1Cc2c(Cl)cc(Cl)cc2C(c2cccc(S(=O)(=O)CCCOCCOCCNC(=O)C(C)(C)C(=O)CCCOCCOCCNS(=O)(=O)c3cccc(C4CN(C)Cc5c(Cl)cc(Cl)cc54)c3)c2)C1.CN1Cc2c(Cl)cc(Cl)cc2C(c2cccc(S(=O)(=O)NCCOCCOCCN)c2)C1.[2H]CF. The van der Waals surface area contributed by atoms with Crippen molar-refractivity contribution in [3.8, 4) is 0 Å². The third kappa shape index (κ3) is 30.1. The van der Waals surface area contributed by atoms with E-state index < -0.39 is 89.3 Å². The Kier molecular flexibility index (Phi) is 40.8. The molecule has 31 nitrogen and oxygen atoms in total. The molecule has 0 saturated carbocycles.